The van der Waals surface area contributed by atoms with Crippen molar-refractivity contribution in [1.29, 1.82) is 0 Å². The van der Waals surface area contributed by atoms with E-state index >= 15 is 0 Å². The molecule has 1 amide bonds. The molecule has 0 fully saturated rings. The highest BCUT2D eigenvalue weighted by Gasteiger charge is 2.27. The fourth-order valence-electron chi connectivity index (χ4n) is 2.49. The zero-order valence-electron chi connectivity index (χ0n) is 11.2. The van der Waals surface area contributed by atoms with E-state index in [0.29, 0.717) is 0 Å². The van der Waals surface area contributed by atoms with Crippen molar-refractivity contribution in [2.75, 3.05) is 12.4 Å². The number of unbranched alkanes of at least 4 members (excludes halogenated alkanes) is 2. The number of ether oxygens (including phenoxy) is 1. The van der Waals surface area contributed by atoms with Crippen molar-refractivity contribution in [2.24, 2.45) is 5.92 Å². The highest BCUT2D eigenvalue weighted by Crippen LogP contribution is 2.35. The van der Waals surface area contributed by atoms with Gasteiger partial charge in [0.1, 0.15) is 5.75 Å². The number of methoxy groups -OCH3 is 1. The van der Waals surface area contributed by atoms with Crippen molar-refractivity contribution >= 4 is 11.6 Å². The van der Waals surface area contributed by atoms with Crippen molar-refractivity contribution in [3.63, 3.8) is 0 Å². The molecule has 1 aromatic rings. The van der Waals surface area contributed by atoms with Crippen LogP contribution in [0.25, 0.3) is 0 Å². The van der Waals surface area contributed by atoms with Gasteiger partial charge < -0.3 is 10.1 Å². The molecular weight excluding hydrogens is 238 g/mol. The molecule has 1 heterocycles. The molecule has 3 nitrogen and oxygen atoms in total. The number of para-hydroxylation sites is 1. The van der Waals surface area contributed by atoms with E-state index in [2.05, 4.69) is 11.2 Å². The van der Waals surface area contributed by atoms with E-state index in [-0.39, 0.29) is 11.8 Å². The smallest absolute Gasteiger partial charge is 0.227 e. The molecule has 0 saturated heterocycles. The normalized spacial score (nSPS) is 17.3. The molecule has 0 saturated carbocycles. The molecule has 0 aromatic heterocycles. The molecule has 1 aliphatic rings. The maximum absolute atomic E-state index is 12.1. The quantitative estimate of drug-likeness (QED) is 0.650. The number of carbonyl (C=O) groups is 1. The van der Waals surface area contributed by atoms with Crippen LogP contribution >= 0.6 is 0 Å². The first-order valence-corrected chi connectivity index (χ1v) is 6.66. The van der Waals surface area contributed by atoms with Crippen molar-refractivity contribution in [2.45, 2.75) is 32.1 Å². The minimum absolute atomic E-state index is 0.0531. The van der Waals surface area contributed by atoms with E-state index < -0.39 is 0 Å². The lowest BCUT2D eigenvalue weighted by atomic mass is 9.89. The Hall–Kier alpha value is -1.95. The van der Waals surface area contributed by atoms with Crippen LogP contribution in [0.15, 0.2) is 18.2 Å². The van der Waals surface area contributed by atoms with Crippen LogP contribution < -0.4 is 10.1 Å². The lowest BCUT2D eigenvalue weighted by Crippen LogP contribution is -2.30. The van der Waals surface area contributed by atoms with Crippen LogP contribution in [0.3, 0.4) is 0 Å². The van der Waals surface area contributed by atoms with E-state index in [1.165, 1.54) is 0 Å². The molecular formula is C16H19NO2. The van der Waals surface area contributed by atoms with Crippen LogP contribution in [-0.4, -0.2) is 13.0 Å². The number of anilines is 1. The van der Waals surface area contributed by atoms with Gasteiger partial charge in [-0.05, 0) is 30.9 Å². The van der Waals surface area contributed by atoms with Gasteiger partial charge in [0.2, 0.25) is 5.91 Å². The van der Waals surface area contributed by atoms with Crippen LogP contribution in [-0.2, 0) is 11.2 Å². The van der Waals surface area contributed by atoms with Crippen molar-refractivity contribution in [3.05, 3.63) is 23.8 Å². The minimum atomic E-state index is 0.0531. The zero-order chi connectivity index (χ0) is 13.7. The first-order valence-electron chi connectivity index (χ1n) is 6.66. The first kappa shape index (κ1) is 13.5. The molecule has 1 N–H and O–H groups in total. The average molecular weight is 257 g/mol. The molecule has 1 atom stereocenters. The van der Waals surface area contributed by atoms with Gasteiger partial charge in [-0.3, -0.25) is 4.79 Å². The van der Waals surface area contributed by atoms with Gasteiger partial charge in [-0.15, -0.1) is 12.3 Å². The Labute approximate surface area is 114 Å². The second-order valence-electron chi connectivity index (χ2n) is 4.83. The summed E-state index contributed by atoms with van der Waals surface area (Å²) in [6.07, 6.45) is 9.69. The Balaban J connectivity index is 2.04. The van der Waals surface area contributed by atoms with Gasteiger partial charge in [-0.1, -0.05) is 18.6 Å². The molecule has 1 unspecified atom stereocenters. The number of hydrogen-bond donors (Lipinski definition) is 1. The standard InChI is InChI=1S/C16H19NO2/c1-3-4-5-6-8-13-11-12-9-7-10-14(19-2)15(12)17-16(13)18/h1,7,9-10,13H,4-6,8,11H2,2H3,(H,17,18). The molecule has 3 heteroatoms. The Morgan fingerprint density at radius 3 is 3.05 bits per heavy atom. The van der Waals surface area contributed by atoms with Crippen LogP contribution in [0, 0.1) is 18.3 Å². The number of carbonyl (C=O) groups excluding carboxylic acids is 1. The molecule has 100 valence electrons. The predicted molar refractivity (Wildman–Crippen MR) is 76.1 cm³/mol. The molecule has 2 rings (SSSR count). The fraction of sp³-hybridized carbons (Fsp3) is 0.438. The first-order chi connectivity index (χ1) is 9.26. The Morgan fingerprint density at radius 2 is 2.32 bits per heavy atom. The molecule has 0 spiro atoms. The van der Waals surface area contributed by atoms with E-state index in [1.54, 1.807) is 7.11 Å². The minimum Gasteiger partial charge on any atom is -0.495 e. The van der Waals surface area contributed by atoms with E-state index in [4.69, 9.17) is 11.2 Å². The van der Waals surface area contributed by atoms with Gasteiger partial charge in [-0.25, -0.2) is 0 Å². The average Bonchev–Trinajstić information content (AvgIpc) is 2.43. The SMILES string of the molecule is C#CCCCCC1Cc2cccc(OC)c2NC1=O. The van der Waals surface area contributed by atoms with Gasteiger partial charge in [0.25, 0.3) is 0 Å². The molecule has 0 radical (unpaired) electrons. The van der Waals surface area contributed by atoms with E-state index in [0.717, 1.165) is 49.1 Å². The summed E-state index contributed by atoms with van der Waals surface area (Å²) in [6.45, 7) is 0. The second kappa shape index (κ2) is 6.29. The predicted octanol–water partition coefficient (Wildman–Crippen LogP) is 3.00. The summed E-state index contributed by atoms with van der Waals surface area (Å²) in [5.74, 6) is 3.51. The molecule has 0 aliphatic carbocycles. The van der Waals surface area contributed by atoms with Crippen molar-refractivity contribution in [1.82, 2.24) is 0 Å². The van der Waals surface area contributed by atoms with Crippen LogP contribution in [0.5, 0.6) is 5.75 Å². The fourth-order valence-corrected chi connectivity index (χ4v) is 2.49. The topological polar surface area (TPSA) is 38.3 Å². The van der Waals surface area contributed by atoms with Gasteiger partial charge in [0.15, 0.2) is 0 Å². The third-order valence-corrected chi connectivity index (χ3v) is 3.54. The van der Waals surface area contributed by atoms with E-state index in [9.17, 15) is 4.79 Å². The number of benzene rings is 1. The van der Waals surface area contributed by atoms with Crippen LogP contribution in [0.4, 0.5) is 5.69 Å². The zero-order valence-corrected chi connectivity index (χ0v) is 11.2. The lowest BCUT2D eigenvalue weighted by Gasteiger charge is -2.25. The maximum Gasteiger partial charge on any atom is 0.227 e. The monoisotopic (exact) mass is 257 g/mol. The number of rotatable bonds is 5. The van der Waals surface area contributed by atoms with Crippen molar-refractivity contribution < 1.29 is 9.53 Å². The summed E-state index contributed by atoms with van der Waals surface area (Å²) in [4.78, 5) is 12.1. The van der Waals surface area contributed by atoms with Gasteiger partial charge in [0, 0.05) is 12.3 Å². The highest BCUT2D eigenvalue weighted by molar-refractivity contribution is 5.97. The Kier molecular flexibility index (Phi) is 4.46. The highest BCUT2D eigenvalue weighted by atomic mass is 16.5. The van der Waals surface area contributed by atoms with Crippen LogP contribution in [0.1, 0.15) is 31.2 Å². The van der Waals surface area contributed by atoms with Gasteiger partial charge in [0.05, 0.1) is 12.8 Å². The number of terminal acetylenes is 1. The summed E-state index contributed by atoms with van der Waals surface area (Å²) in [5.41, 5.74) is 1.98. The largest absolute Gasteiger partial charge is 0.495 e. The molecule has 1 aromatic carbocycles. The number of fused-ring (bicyclic) bond motifs is 1. The molecule has 1 aliphatic heterocycles. The third kappa shape index (κ3) is 3.08. The third-order valence-electron chi connectivity index (χ3n) is 3.54. The van der Waals surface area contributed by atoms with Gasteiger partial charge >= 0.3 is 0 Å². The summed E-state index contributed by atoms with van der Waals surface area (Å²) in [5, 5.41) is 2.97. The number of amides is 1. The number of hydrogen-bond acceptors (Lipinski definition) is 2. The maximum atomic E-state index is 12.1. The molecule has 0 bridgehead atoms. The Morgan fingerprint density at radius 1 is 1.47 bits per heavy atom. The van der Waals surface area contributed by atoms with Crippen molar-refractivity contribution in [3.8, 4) is 18.1 Å². The Bertz CT molecular complexity index is 502. The van der Waals surface area contributed by atoms with Gasteiger partial charge in [-0.2, -0.15) is 0 Å². The second-order valence-corrected chi connectivity index (χ2v) is 4.83. The molecule has 19 heavy (non-hydrogen) atoms. The van der Waals surface area contributed by atoms with Crippen LogP contribution in [0.2, 0.25) is 0 Å². The lowest BCUT2D eigenvalue weighted by molar-refractivity contribution is -0.120. The van der Waals surface area contributed by atoms with E-state index in [1.807, 2.05) is 18.2 Å². The number of nitrogens with one attached hydrogen (secondary N) is 1. The summed E-state index contributed by atoms with van der Waals surface area (Å²) in [6, 6.07) is 5.88. The summed E-state index contributed by atoms with van der Waals surface area (Å²) >= 11 is 0. The summed E-state index contributed by atoms with van der Waals surface area (Å²) < 4.78 is 5.27. The summed E-state index contributed by atoms with van der Waals surface area (Å²) in [7, 11) is 1.62.